The van der Waals surface area contributed by atoms with Crippen molar-refractivity contribution < 1.29 is 9.90 Å². The molecule has 0 aliphatic rings. The maximum absolute atomic E-state index is 11.9. The number of aliphatic carboxylic acids is 1. The number of benzene rings is 4. The Balaban J connectivity index is 2.00. The quantitative estimate of drug-likeness (QED) is 0.260. The molecule has 1 N–H and O–H groups in total. The Kier molecular flexibility index (Phi) is 7.85. The van der Waals surface area contributed by atoms with Crippen molar-refractivity contribution in [2.45, 2.75) is 45.4 Å². The SMILES string of the molecule is CC(=Cc1c(C(C)c2ccccc2)cc(C(C)c2ccccc2)cc1C(C)c1ccccc1)C(=O)O. The lowest BCUT2D eigenvalue weighted by atomic mass is 9.78. The van der Waals surface area contributed by atoms with Gasteiger partial charge in [0.15, 0.2) is 0 Å². The van der Waals surface area contributed by atoms with Crippen LogP contribution < -0.4 is 0 Å². The first-order chi connectivity index (χ1) is 17.4. The molecule has 2 nitrogen and oxygen atoms in total. The van der Waals surface area contributed by atoms with Crippen molar-refractivity contribution in [2.75, 3.05) is 0 Å². The van der Waals surface area contributed by atoms with Gasteiger partial charge < -0.3 is 5.11 Å². The predicted molar refractivity (Wildman–Crippen MR) is 150 cm³/mol. The van der Waals surface area contributed by atoms with Crippen LogP contribution in [-0.2, 0) is 4.79 Å². The molecule has 182 valence electrons. The molecule has 0 aliphatic carbocycles. The third-order valence-corrected chi connectivity index (χ3v) is 7.30. The largest absolute Gasteiger partial charge is 0.478 e. The van der Waals surface area contributed by atoms with Crippen LogP contribution in [0.2, 0.25) is 0 Å². The van der Waals surface area contributed by atoms with Crippen LogP contribution in [0.5, 0.6) is 0 Å². The fraction of sp³-hybridized carbons (Fsp3) is 0.206. The van der Waals surface area contributed by atoms with E-state index >= 15 is 0 Å². The van der Waals surface area contributed by atoms with Crippen molar-refractivity contribution in [3.8, 4) is 0 Å². The molecule has 0 amide bonds. The predicted octanol–water partition coefficient (Wildman–Crippen LogP) is 8.63. The standard InChI is InChI=1S/C34H34O2/c1-23(34(35)36)20-33-31(25(3)28-16-10-6-11-17-28)21-30(24(2)27-14-8-5-9-15-27)22-32(33)26(4)29-18-12-7-13-19-29/h5-22,24-26H,1-4H3,(H,35,36). The molecule has 4 aromatic carbocycles. The fourth-order valence-electron chi connectivity index (χ4n) is 4.91. The van der Waals surface area contributed by atoms with Crippen molar-refractivity contribution in [3.63, 3.8) is 0 Å². The lowest BCUT2D eigenvalue weighted by Gasteiger charge is -2.26. The summed E-state index contributed by atoms with van der Waals surface area (Å²) in [6, 6.07) is 36.0. The van der Waals surface area contributed by atoms with Crippen LogP contribution in [-0.4, -0.2) is 11.1 Å². The molecule has 0 bridgehead atoms. The summed E-state index contributed by atoms with van der Waals surface area (Å²) in [5.41, 5.74) is 8.57. The van der Waals surface area contributed by atoms with Crippen LogP contribution in [0.1, 0.15) is 84.4 Å². The average Bonchev–Trinajstić information content (AvgIpc) is 2.93. The summed E-state index contributed by atoms with van der Waals surface area (Å²) in [5.74, 6) is -0.492. The van der Waals surface area contributed by atoms with E-state index in [-0.39, 0.29) is 17.8 Å². The zero-order chi connectivity index (χ0) is 25.7. The lowest BCUT2D eigenvalue weighted by molar-refractivity contribution is -0.132. The Hall–Kier alpha value is -3.91. The molecule has 2 heteroatoms. The Morgan fingerprint density at radius 2 is 0.972 bits per heavy atom. The molecule has 0 radical (unpaired) electrons. The summed E-state index contributed by atoms with van der Waals surface area (Å²) in [7, 11) is 0. The number of hydrogen-bond acceptors (Lipinski definition) is 1. The van der Waals surface area contributed by atoms with Crippen LogP contribution in [0.15, 0.2) is 109 Å². The molecule has 0 heterocycles. The van der Waals surface area contributed by atoms with Gasteiger partial charge in [0.05, 0.1) is 0 Å². The Labute approximate surface area is 215 Å². The van der Waals surface area contributed by atoms with Crippen LogP contribution in [0, 0.1) is 0 Å². The Bertz CT molecular complexity index is 1270. The first kappa shape index (κ1) is 25.2. The molecule has 0 fully saturated rings. The third kappa shape index (κ3) is 5.49. The van der Waals surface area contributed by atoms with E-state index in [9.17, 15) is 9.90 Å². The summed E-state index contributed by atoms with van der Waals surface area (Å²) >= 11 is 0. The molecular weight excluding hydrogens is 440 g/mol. The first-order valence-corrected chi connectivity index (χ1v) is 12.6. The summed E-state index contributed by atoms with van der Waals surface area (Å²) < 4.78 is 0. The van der Waals surface area contributed by atoms with Crippen molar-refractivity contribution >= 4 is 12.0 Å². The average molecular weight is 475 g/mol. The highest BCUT2D eigenvalue weighted by Gasteiger charge is 2.23. The monoisotopic (exact) mass is 474 g/mol. The third-order valence-electron chi connectivity index (χ3n) is 7.30. The zero-order valence-corrected chi connectivity index (χ0v) is 21.5. The van der Waals surface area contributed by atoms with Crippen LogP contribution in [0.25, 0.3) is 6.08 Å². The van der Waals surface area contributed by atoms with E-state index in [2.05, 4.69) is 106 Å². The highest BCUT2D eigenvalue weighted by Crippen LogP contribution is 2.39. The molecule has 0 spiro atoms. The molecule has 0 aromatic heterocycles. The number of carbonyl (C=O) groups is 1. The number of carboxylic acids is 1. The van der Waals surface area contributed by atoms with E-state index in [0.717, 1.165) is 16.7 Å². The fourth-order valence-corrected chi connectivity index (χ4v) is 4.91. The molecule has 4 aromatic rings. The summed E-state index contributed by atoms with van der Waals surface area (Å²) in [6.07, 6.45) is 1.86. The zero-order valence-electron chi connectivity index (χ0n) is 21.5. The topological polar surface area (TPSA) is 37.3 Å². The van der Waals surface area contributed by atoms with Gasteiger partial charge in [-0.1, -0.05) is 124 Å². The molecule has 4 rings (SSSR count). The van der Waals surface area contributed by atoms with Crippen molar-refractivity contribution in [1.82, 2.24) is 0 Å². The van der Waals surface area contributed by atoms with Gasteiger partial charge in [0.1, 0.15) is 0 Å². The molecular formula is C34H34O2. The summed E-state index contributed by atoms with van der Waals surface area (Å²) in [5, 5.41) is 9.76. The van der Waals surface area contributed by atoms with Crippen LogP contribution >= 0.6 is 0 Å². The molecule has 0 aliphatic heterocycles. The van der Waals surface area contributed by atoms with Crippen LogP contribution in [0.3, 0.4) is 0 Å². The normalized spacial score (nSPS) is 14.2. The van der Waals surface area contributed by atoms with Crippen LogP contribution in [0.4, 0.5) is 0 Å². The minimum Gasteiger partial charge on any atom is -0.478 e. The highest BCUT2D eigenvalue weighted by atomic mass is 16.4. The van der Waals surface area contributed by atoms with Gasteiger partial charge in [0, 0.05) is 23.3 Å². The van der Waals surface area contributed by atoms with E-state index in [4.69, 9.17) is 0 Å². The molecule has 3 unspecified atom stereocenters. The lowest BCUT2D eigenvalue weighted by Crippen LogP contribution is -2.10. The van der Waals surface area contributed by atoms with E-state index in [1.165, 1.54) is 22.3 Å². The van der Waals surface area contributed by atoms with Gasteiger partial charge in [-0.25, -0.2) is 4.79 Å². The molecule has 0 saturated carbocycles. The Morgan fingerprint density at radius 1 is 0.611 bits per heavy atom. The smallest absolute Gasteiger partial charge is 0.331 e. The number of rotatable bonds is 8. The van der Waals surface area contributed by atoms with Crippen molar-refractivity contribution in [2.24, 2.45) is 0 Å². The number of hydrogen-bond donors (Lipinski definition) is 1. The van der Waals surface area contributed by atoms with E-state index in [1.54, 1.807) is 6.92 Å². The van der Waals surface area contributed by atoms with Crippen molar-refractivity contribution in [3.05, 3.63) is 148 Å². The minimum atomic E-state index is -0.895. The van der Waals surface area contributed by atoms with Gasteiger partial charge in [-0.05, 0) is 51.9 Å². The Morgan fingerprint density at radius 3 is 1.33 bits per heavy atom. The van der Waals surface area contributed by atoms with Gasteiger partial charge in [-0.15, -0.1) is 0 Å². The first-order valence-electron chi connectivity index (χ1n) is 12.6. The maximum Gasteiger partial charge on any atom is 0.331 e. The van der Waals surface area contributed by atoms with E-state index in [1.807, 2.05) is 24.3 Å². The minimum absolute atomic E-state index is 0.101. The summed E-state index contributed by atoms with van der Waals surface area (Å²) in [6.45, 7) is 8.35. The molecule has 3 atom stereocenters. The maximum atomic E-state index is 11.9. The van der Waals surface area contributed by atoms with E-state index in [0.29, 0.717) is 5.57 Å². The van der Waals surface area contributed by atoms with E-state index < -0.39 is 5.97 Å². The van der Waals surface area contributed by atoms with Gasteiger partial charge in [0.2, 0.25) is 0 Å². The second kappa shape index (κ2) is 11.2. The van der Waals surface area contributed by atoms with Gasteiger partial charge in [-0.3, -0.25) is 0 Å². The highest BCUT2D eigenvalue weighted by molar-refractivity contribution is 5.92. The molecule has 0 saturated heterocycles. The van der Waals surface area contributed by atoms with Gasteiger partial charge >= 0.3 is 5.97 Å². The second-order valence-corrected chi connectivity index (χ2v) is 9.64. The van der Waals surface area contributed by atoms with Gasteiger partial charge in [0.25, 0.3) is 0 Å². The number of carboxylic acid groups (broad SMARTS) is 1. The second-order valence-electron chi connectivity index (χ2n) is 9.64. The summed E-state index contributed by atoms with van der Waals surface area (Å²) in [4.78, 5) is 11.9. The van der Waals surface area contributed by atoms with Gasteiger partial charge in [-0.2, -0.15) is 0 Å². The van der Waals surface area contributed by atoms with Crippen molar-refractivity contribution in [1.29, 1.82) is 0 Å². The molecule has 36 heavy (non-hydrogen) atoms.